The molecule has 1 atom stereocenters. The standard InChI is InChI=1S/C20H25N3O5S/c1-23(8-13(24)10-26-2)9-17-21-19(25)18-14(11-29-20(18)22-17)12-5-6-15(27-3)16(7-12)28-4/h5-7,11,13,24H,8-10H2,1-4H3,(H,21,22,25). The Morgan fingerprint density at radius 3 is 2.69 bits per heavy atom. The highest BCUT2D eigenvalue weighted by Crippen LogP contribution is 2.36. The molecule has 0 saturated carbocycles. The van der Waals surface area contributed by atoms with Crippen LogP contribution in [-0.2, 0) is 11.3 Å². The number of hydrogen-bond donors (Lipinski definition) is 2. The normalized spacial score (nSPS) is 12.5. The summed E-state index contributed by atoms with van der Waals surface area (Å²) >= 11 is 1.42. The van der Waals surface area contributed by atoms with Gasteiger partial charge in [-0.05, 0) is 24.7 Å². The molecule has 8 nitrogen and oxygen atoms in total. The summed E-state index contributed by atoms with van der Waals surface area (Å²) < 4.78 is 15.6. The van der Waals surface area contributed by atoms with E-state index in [0.29, 0.717) is 40.6 Å². The Morgan fingerprint density at radius 2 is 2.00 bits per heavy atom. The van der Waals surface area contributed by atoms with Gasteiger partial charge in [-0.25, -0.2) is 4.98 Å². The number of benzene rings is 1. The molecule has 3 rings (SSSR count). The Bertz CT molecular complexity index is 1030. The summed E-state index contributed by atoms with van der Waals surface area (Å²) in [6.45, 7) is 1.08. The van der Waals surface area contributed by atoms with Gasteiger partial charge in [-0.3, -0.25) is 9.69 Å². The van der Waals surface area contributed by atoms with Gasteiger partial charge in [-0.15, -0.1) is 11.3 Å². The molecule has 0 fully saturated rings. The number of aromatic nitrogens is 2. The van der Waals surface area contributed by atoms with Gasteiger partial charge in [-0.1, -0.05) is 6.07 Å². The van der Waals surface area contributed by atoms with E-state index in [2.05, 4.69) is 9.97 Å². The molecule has 2 aromatic heterocycles. The van der Waals surface area contributed by atoms with Crippen molar-refractivity contribution in [3.05, 3.63) is 39.8 Å². The van der Waals surface area contributed by atoms with Crippen molar-refractivity contribution in [2.45, 2.75) is 12.6 Å². The maximum Gasteiger partial charge on any atom is 0.260 e. The van der Waals surface area contributed by atoms with Crippen LogP contribution in [0.2, 0.25) is 0 Å². The lowest BCUT2D eigenvalue weighted by molar-refractivity contribution is 0.0414. The molecule has 0 aliphatic heterocycles. The quantitative estimate of drug-likeness (QED) is 0.548. The molecule has 1 unspecified atom stereocenters. The molecular weight excluding hydrogens is 394 g/mol. The molecule has 29 heavy (non-hydrogen) atoms. The number of methoxy groups -OCH3 is 3. The van der Waals surface area contributed by atoms with Crippen LogP contribution in [-0.4, -0.2) is 67.6 Å². The predicted molar refractivity (Wildman–Crippen MR) is 113 cm³/mol. The lowest BCUT2D eigenvalue weighted by atomic mass is 10.1. The number of H-pyrrole nitrogens is 1. The van der Waals surface area contributed by atoms with Crippen molar-refractivity contribution in [2.24, 2.45) is 0 Å². The van der Waals surface area contributed by atoms with Crippen LogP contribution in [0.5, 0.6) is 11.5 Å². The third-order valence-electron chi connectivity index (χ3n) is 4.49. The van der Waals surface area contributed by atoms with Crippen LogP contribution in [0, 0.1) is 0 Å². The fourth-order valence-corrected chi connectivity index (χ4v) is 4.18. The van der Waals surface area contributed by atoms with Gasteiger partial charge >= 0.3 is 0 Å². The van der Waals surface area contributed by atoms with Crippen LogP contribution >= 0.6 is 11.3 Å². The molecule has 156 valence electrons. The van der Waals surface area contributed by atoms with Crippen LogP contribution in [0.1, 0.15) is 5.82 Å². The van der Waals surface area contributed by atoms with Crippen molar-refractivity contribution in [2.75, 3.05) is 41.5 Å². The van der Waals surface area contributed by atoms with Crippen molar-refractivity contribution >= 4 is 21.6 Å². The number of rotatable bonds is 9. The summed E-state index contributed by atoms with van der Waals surface area (Å²) in [4.78, 5) is 22.8. The molecular formula is C20H25N3O5S. The summed E-state index contributed by atoms with van der Waals surface area (Å²) in [5.41, 5.74) is 1.46. The Balaban J connectivity index is 1.90. The molecule has 2 heterocycles. The summed E-state index contributed by atoms with van der Waals surface area (Å²) in [6, 6.07) is 5.55. The zero-order valence-corrected chi connectivity index (χ0v) is 17.7. The molecule has 2 N–H and O–H groups in total. The number of nitrogens with one attached hydrogen (secondary N) is 1. The topological polar surface area (TPSA) is 96.9 Å². The van der Waals surface area contributed by atoms with Crippen LogP contribution < -0.4 is 15.0 Å². The summed E-state index contributed by atoms with van der Waals surface area (Å²) in [5.74, 6) is 1.78. The van der Waals surface area contributed by atoms with E-state index in [-0.39, 0.29) is 12.2 Å². The minimum atomic E-state index is -0.598. The smallest absolute Gasteiger partial charge is 0.260 e. The number of aliphatic hydroxyl groups excluding tert-OH is 1. The first-order chi connectivity index (χ1) is 14.0. The molecule has 1 aromatic carbocycles. The van der Waals surface area contributed by atoms with Gasteiger partial charge in [0.15, 0.2) is 11.5 Å². The third-order valence-corrected chi connectivity index (χ3v) is 5.36. The van der Waals surface area contributed by atoms with Gasteiger partial charge in [0.1, 0.15) is 10.7 Å². The van der Waals surface area contributed by atoms with Crippen LogP contribution in [0.4, 0.5) is 0 Å². The van der Waals surface area contributed by atoms with Crippen LogP contribution in [0.25, 0.3) is 21.3 Å². The molecule has 9 heteroatoms. The highest BCUT2D eigenvalue weighted by Gasteiger charge is 2.16. The maximum atomic E-state index is 12.8. The minimum absolute atomic E-state index is 0.193. The van der Waals surface area contributed by atoms with Gasteiger partial charge in [0.05, 0.1) is 38.9 Å². The molecule has 0 aliphatic rings. The third kappa shape index (κ3) is 4.76. The van der Waals surface area contributed by atoms with Crippen molar-refractivity contribution in [1.82, 2.24) is 14.9 Å². The van der Waals surface area contributed by atoms with Gasteiger partial charge < -0.3 is 24.3 Å². The van der Waals surface area contributed by atoms with E-state index in [0.717, 1.165) is 11.1 Å². The number of ether oxygens (including phenoxy) is 3. The molecule has 0 amide bonds. The highest BCUT2D eigenvalue weighted by molar-refractivity contribution is 7.17. The maximum absolute atomic E-state index is 12.8. The second-order valence-corrected chi connectivity index (χ2v) is 7.58. The van der Waals surface area contributed by atoms with E-state index < -0.39 is 6.10 Å². The van der Waals surface area contributed by atoms with Gasteiger partial charge in [0, 0.05) is 24.6 Å². The van der Waals surface area contributed by atoms with Crippen LogP contribution in [0.15, 0.2) is 28.4 Å². The van der Waals surface area contributed by atoms with Gasteiger partial charge in [0.25, 0.3) is 5.56 Å². The number of nitrogens with zero attached hydrogens (tertiary/aromatic N) is 2. The molecule has 0 radical (unpaired) electrons. The zero-order chi connectivity index (χ0) is 21.0. The van der Waals surface area contributed by atoms with E-state index in [9.17, 15) is 9.90 Å². The number of hydrogen-bond acceptors (Lipinski definition) is 8. The van der Waals surface area contributed by atoms with E-state index in [1.165, 1.54) is 11.3 Å². The summed E-state index contributed by atoms with van der Waals surface area (Å²) in [5, 5.41) is 12.3. The van der Waals surface area contributed by atoms with E-state index in [1.54, 1.807) is 21.3 Å². The first-order valence-corrected chi connectivity index (χ1v) is 9.93. The second-order valence-electron chi connectivity index (χ2n) is 6.72. The zero-order valence-electron chi connectivity index (χ0n) is 16.9. The number of aliphatic hydroxyl groups is 1. The molecule has 0 aliphatic carbocycles. The number of thiophene rings is 1. The lowest BCUT2D eigenvalue weighted by Gasteiger charge is -2.19. The summed E-state index contributed by atoms with van der Waals surface area (Å²) in [7, 11) is 6.56. The Hall–Kier alpha value is -2.46. The lowest BCUT2D eigenvalue weighted by Crippen LogP contribution is -2.32. The monoisotopic (exact) mass is 419 g/mol. The summed E-state index contributed by atoms with van der Waals surface area (Å²) in [6.07, 6.45) is -0.598. The van der Waals surface area contributed by atoms with Crippen LogP contribution in [0.3, 0.4) is 0 Å². The first kappa shape index (κ1) is 21.3. The number of likely N-dealkylation sites (N-methyl/N-ethyl adjacent to an activating group) is 1. The fraction of sp³-hybridized carbons (Fsp3) is 0.400. The largest absolute Gasteiger partial charge is 0.493 e. The molecule has 0 saturated heterocycles. The van der Waals surface area contributed by atoms with Crippen molar-refractivity contribution in [3.63, 3.8) is 0 Å². The van der Waals surface area contributed by atoms with E-state index in [4.69, 9.17) is 14.2 Å². The Morgan fingerprint density at radius 1 is 1.24 bits per heavy atom. The van der Waals surface area contributed by atoms with Crippen molar-refractivity contribution in [1.29, 1.82) is 0 Å². The molecule has 0 bridgehead atoms. The van der Waals surface area contributed by atoms with Crippen molar-refractivity contribution < 1.29 is 19.3 Å². The minimum Gasteiger partial charge on any atom is -0.493 e. The average molecular weight is 420 g/mol. The number of aromatic amines is 1. The second kappa shape index (κ2) is 9.36. The SMILES string of the molecule is COCC(O)CN(C)Cc1nc2scc(-c3ccc(OC)c(OC)c3)c2c(=O)[nH]1. The predicted octanol–water partition coefficient (Wildman–Crippen LogP) is 2.11. The highest BCUT2D eigenvalue weighted by atomic mass is 32.1. The van der Waals surface area contributed by atoms with Gasteiger partial charge in [-0.2, -0.15) is 0 Å². The average Bonchev–Trinajstić information content (AvgIpc) is 3.11. The molecule has 0 spiro atoms. The molecule has 3 aromatic rings. The first-order valence-electron chi connectivity index (χ1n) is 9.05. The fourth-order valence-electron chi connectivity index (χ4n) is 3.21. The van der Waals surface area contributed by atoms with Gasteiger partial charge in [0.2, 0.25) is 0 Å². The van der Waals surface area contributed by atoms with E-state index in [1.807, 2.05) is 35.5 Å². The Labute approximate surface area is 172 Å². The van der Waals surface area contributed by atoms with Crippen molar-refractivity contribution in [3.8, 4) is 22.6 Å². The number of fused-ring (bicyclic) bond motifs is 1. The Kier molecular flexibility index (Phi) is 6.86. The van der Waals surface area contributed by atoms with E-state index >= 15 is 0 Å².